The fourth-order valence-electron chi connectivity index (χ4n) is 4.01. The minimum absolute atomic E-state index is 0. The Labute approximate surface area is 231 Å². The van der Waals surface area contributed by atoms with Gasteiger partial charge in [0.25, 0.3) is 0 Å². The number of pyridine rings is 1. The van der Waals surface area contributed by atoms with Crippen molar-refractivity contribution >= 4 is 23.8 Å². The fourth-order valence-corrected chi connectivity index (χ4v) is 4.01. The number of nitrogens with two attached hydrogens (primary N) is 1. The van der Waals surface area contributed by atoms with Gasteiger partial charge in [0.1, 0.15) is 0 Å². The largest absolute Gasteiger partial charge is 3.00 e. The van der Waals surface area contributed by atoms with E-state index >= 15 is 0 Å². The summed E-state index contributed by atoms with van der Waals surface area (Å²) < 4.78 is 0. The zero-order valence-corrected chi connectivity index (χ0v) is 22.3. The first-order valence-electron chi connectivity index (χ1n) is 12.1. The van der Waals surface area contributed by atoms with Gasteiger partial charge in [-0.2, -0.15) is 0 Å². The average molecular weight is 580 g/mol. The Morgan fingerprint density at radius 3 is 1.95 bits per heavy atom. The molecular weight excluding hydrogens is 543 g/mol. The summed E-state index contributed by atoms with van der Waals surface area (Å²) in [6.07, 6.45) is -0.729. The third-order valence-corrected chi connectivity index (χ3v) is 5.86. The summed E-state index contributed by atoms with van der Waals surface area (Å²) in [5, 5.41) is 30.3. The first-order valence-corrected chi connectivity index (χ1v) is 12.1. The molecule has 0 fully saturated rings. The molecule has 1 aliphatic rings. The number of aromatic nitrogens is 1. The average Bonchev–Trinajstić information content (AvgIpc) is 2.81. The molecule has 15 heteroatoms. The molecule has 2 heterocycles. The fraction of sp³-hybridized carbons (Fsp3) is 0.609. The van der Waals surface area contributed by atoms with Crippen LogP contribution in [-0.4, -0.2) is 117 Å². The van der Waals surface area contributed by atoms with E-state index in [0.717, 1.165) is 0 Å². The van der Waals surface area contributed by atoms with Crippen LogP contribution in [0.3, 0.4) is 0 Å². The number of hydrogen-bond donors (Lipinski definition) is 5. The molecule has 1 aromatic heterocycles. The van der Waals surface area contributed by atoms with Gasteiger partial charge < -0.3 is 25.5 Å². The predicted molar refractivity (Wildman–Crippen MR) is 130 cm³/mol. The third-order valence-electron chi connectivity index (χ3n) is 5.86. The van der Waals surface area contributed by atoms with Crippen molar-refractivity contribution < 1.29 is 56.4 Å². The number of nitrogens with zero attached hydrogens (tertiary/aromatic N) is 4. The van der Waals surface area contributed by atoms with E-state index < -0.39 is 24.0 Å². The monoisotopic (exact) mass is 579 g/mol. The minimum atomic E-state index is -1.24. The molecule has 210 valence electrons. The third kappa shape index (κ3) is 13.2. The van der Waals surface area contributed by atoms with E-state index in [4.69, 9.17) is 11.0 Å². The second-order valence-electron chi connectivity index (χ2n) is 8.88. The van der Waals surface area contributed by atoms with Gasteiger partial charge in [-0.1, -0.05) is 6.07 Å². The van der Waals surface area contributed by atoms with Crippen molar-refractivity contribution in [2.75, 3.05) is 52.4 Å². The number of rotatable bonds is 13. The minimum Gasteiger partial charge on any atom is -0.480 e. The second kappa shape index (κ2) is 17.8. The van der Waals surface area contributed by atoms with Crippen LogP contribution in [0.5, 0.6) is 0 Å². The zero-order valence-electron chi connectivity index (χ0n) is 21.1. The second-order valence-corrected chi connectivity index (χ2v) is 8.88. The van der Waals surface area contributed by atoms with Gasteiger partial charge in [0.05, 0.1) is 24.5 Å². The Balaban J connectivity index is 0.00000722. The molecule has 2 bridgehead atoms. The van der Waals surface area contributed by atoms with Gasteiger partial charge in [0.2, 0.25) is 5.91 Å². The number of carboxylic acids is 3. The molecule has 0 saturated heterocycles. The van der Waals surface area contributed by atoms with Crippen LogP contribution in [-0.2, 0) is 54.2 Å². The summed E-state index contributed by atoms with van der Waals surface area (Å²) in [5.74, 6) is 1.51. The molecular formula is C23H36MnN6O8+3. The first kappa shape index (κ1) is 33.4. The van der Waals surface area contributed by atoms with Crippen molar-refractivity contribution in [2.24, 2.45) is 5.90 Å². The Kier molecular flexibility index (Phi) is 15.6. The van der Waals surface area contributed by atoms with Gasteiger partial charge >= 0.3 is 35.0 Å². The summed E-state index contributed by atoms with van der Waals surface area (Å²) in [5.41, 5.74) is 1.43. The van der Waals surface area contributed by atoms with Crippen LogP contribution in [0, 0.1) is 0 Å². The van der Waals surface area contributed by atoms with E-state index in [-0.39, 0.29) is 48.9 Å². The van der Waals surface area contributed by atoms with Crippen molar-refractivity contribution in [1.29, 1.82) is 0 Å². The number of fused-ring (bicyclic) bond motifs is 2. The number of hydrogen-bond acceptors (Lipinski definition) is 10. The Hall–Kier alpha value is -2.65. The number of carbonyl (C=O) groups excluding carboxylic acids is 1. The number of carboxylic acid groups (broad SMARTS) is 3. The maximum atomic E-state index is 12.0. The maximum absolute atomic E-state index is 12.0. The van der Waals surface area contributed by atoms with Gasteiger partial charge in [-0.25, -0.2) is 10.7 Å². The van der Waals surface area contributed by atoms with Crippen LogP contribution in [0.1, 0.15) is 30.7 Å². The number of carbonyl (C=O) groups is 4. The van der Waals surface area contributed by atoms with E-state index in [1.165, 1.54) is 0 Å². The quantitative estimate of drug-likeness (QED) is 0.106. The van der Waals surface area contributed by atoms with Crippen molar-refractivity contribution in [3.8, 4) is 0 Å². The molecule has 0 saturated carbocycles. The van der Waals surface area contributed by atoms with Crippen LogP contribution in [0.4, 0.5) is 0 Å². The van der Waals surface area contributed by atoms with Gasteiger partial charge in [0.15, 0.2) is 6.10 Å². The van der Waals surface area contributed by atoms with Gasteiger partial charge in [-0.15, -0.1) is 0 Å². The van der Waals surface area contributed by atoms with Crippen molar-refractivity contribution in [1.82, 2.24) is 25.0 Å². The van der Waals surface area contributed by atoms with E-state index in [9.17, 15) is 29.4 Å². The molecule has 2 rings (SSSR count). The van der Waals surface area contributed by atoms with E-state index in [1.54, 1.807) is 9.80 Å². The van der Waals surface area contributed by atoms with Crippen LogP contribution in [0.2, 0.25) is 0 Å². The molecule has 1 aliphatic heterocycles. The van der Waals surface area contributed by atoms with Crippen molar-refractivity contribution in [3.05, 3.63) is 29.6 Å². The zero-order chi connectivity index (χ0) is 27.2. The van der Waals surface area contributed by atoms with E-state index in [1.807, 2.05) is 18.2 Å². The summed E-state index contributed by atoms with van der Waals surface area (Å²) in [6.45, 7) is 3.44. The molecule has 0 radical (unpaired) electrons. The number of amides is 1. The molecule has 38 heavy (non-hydrogen) atoms. The summed E-state index contributed by atoms with van der Waals surface area (Å²) in [6, 6.07) is 5.49. The summed E-state index contributed by atoms with van der Waals surface area (Å²) in [7, 11) is 0. The molecule has 1 atom stereocenters. The summed E-state index contributed by atoms with van der Waals surface area (Å²) >= 11 is 0. The number of nitrogens with one attached hydrogen (secondary N) is 1. The number of aliphatic carboxylic acids is 3. The molecule has 1 aromatic rings. The topological polar surface area (TPSA) is 199 Å². The smallest absolute Gasteiger partial charge is 0.480 e. The molecule has 0 aromatic carbocycles. The molecule has 1 amide bonds. The predicted octanol–water partition coefficient (Wildman–Crippen LogP) is -1.20. The molecule has 6 N–H and O–H groups in total. The van der Waals surface area contributed by atoms with Crippen LogP contribution < -0.4 is 11.2 Å². The van der Waals surface area contributed by atoms with Gasteiger partial charge in [-0.05, 0) is 31.5 Å². The van der Waals surface area contributed by atoms with Crippen LogP contribution in [0.15, 0.2) is 18.2 Å². The van der Waals surface area contributed by atoms with Gasteiger partial charge in [-0.3, -0.25) is 34.0 Å². The van der Waals surface area contributed by atoms with Crippen molar-refractivity contribution in [3.63, 3.8) is 0 Å². The summed E-state index contributed by atoms with van der Waals surface area (Å²) in [4.78, 5) is 60.4. The first-order chi connectivity index (χ1) is 17.7. The van der Waals surface area contributed by atoms with Crippen LogP contribution >= 0.6 is 0 Å². The molecule has 1 unspecified atom stereocenters. The van der Waals surface area contributed by atoms with E-state index in [2.05, 4.69) is 20.0 Å². The Morgan fingerprint density at radius 1 is 0.947 bits per heavy atom. The maximum Gasteiger partial charge on any atom is 3.00 e. The standard InChI is InChI=1S/C23H36N6O8.Mn/c24-37-19(23(35)36)5-6-20(30)25-7-2-8-27-9-11-28(15-21(31)32)13-17-3-1-4-18(26-17)14-29(12-10-27)16-22(33)34;/h1,3-4,19H,2,5-16,24H2,(H,25,30)(H,31,32)(H,33,34)(H,35,36);/q;+3. The Bertz CT molecular complexity index is 878. The molecule has 0 aliphatic carbocycles. The van der Waals surface area contributed by atoms with Gasteiger partial charge in [0, 0.05) is 52.2 Å². The van der Waals surface area contributed by atoms with E-state index in [0.29, 0.717) is 70.2 Å². The SMILES string of the molecule is NOC(CCC(=O)NCCCN1CCN(CC(=O)O)Cc2cccc(n2)CN(CC(=O)O)CC1)C(=O)O.[Mn+3]. The van der Waals surface area contributed by atoms with Crippen molar-refractivity contribution in [2.45, 2.75) is 38.5 Å². The molecule has 0 spiro atoms. The normalized spacial score (nSPS) is 16.3. The van der Waals surface area contributed by atoms with Crippen LogP contribution in [0.25, 0.3) is 0 Å². The molecule has 14 nitrogen and oxygen atoms in total. The Morgan fingerprint density at radius 2 is 1.47 bits per heavy atom.